The third kappa shape index (κ3) is 3.43. The van der Waals surface area contributed by atoms with Crippen LogP contribution in [0.25, 0.3) is 16.7 Å². The molecule has 0 spiro atoms. The van der Waals surface area contributed by atoms with Crippen molar-refractivity contribution in [3.8, 4) is 11.5 Å². The summed E-state index contributed by atoms with van der Waals surface area (Å²) in [7, 11) is 3.51. The number of carbonyl (C=O) groups is 2. The second-order valence-corrected chi connectivity index (χ2v) is 8.12. The number of carbonyl (C=O) groups excluding carboxylic acids is 2. The second-order valence-electron chi connectivity index (χ2n) is 8.12. The van der Waals surface area contributed by atoms with E-state index in [1.54, 1.807) is 25.3 Å². The molecule has 0 saturated carbocycles. The van der Waals surface area contributed by atoms with Gasteiger partial charge in [-0.1, -0.05) is 18.2 Å². The third-order valence-corrected chi connectivity index (χ3v) is 6.16. The normalized spacial score (nSPS) is 19.1. The summed E-state index contributed by atoms with van der Waals surface area (Å²) in [6, 6.07) is 12.0. The Morgan fingerprint density at radius 2 is 1.94 bits per heavy atom. The number of para-hydroxylation sites is 1. The number of aryl methyl sites for hydroxylation is 1. The average molecular weight is 448 g/mol. The van der Waals surface area contributed by atoms with Gasteiger partial charge in [-0.15, -0.1) is 0 Å². The van der Waals surface area contributed by atoms with Crippen molar-refractivity contribution in [3.05, 3.63) is 65.4 Å². The molecule has 3 heterocycles. The Labute approximate surface area is 190 Å². The van der Waals surface area contributed by atoms with E-state index in [0.29, 0.717) is 36.6 Å². The van der Waals surface area contributed by atoms with Crippen molar-refractivity contribution in [2.24, 2.45) is 7.05 Å². The minimum Gasteiger partial charge on any atom is -0.507 e. The number of methoxy groups -OCH3 is 1. The molecule has 1 amide bonds. The van der Waals surface area contributed by atoms with E-state index in [1.807, 2.05) is 42.1 Å². The SMILES string of the molecule is COCCCN1C(=O)C(=O)/C(=C(/O)c2ccc3c(c2)OCO3)C1c1cn(C)c2ccccc12. The van der Waals surface area contributed by atoms with Crippen LogP contribution in [0.4, 0.5) is 0 Å². The standard InChI is InChI=1S/C25H24N2O6/c1-26-13-17(16-6-3-4-7-18(16)26)22-21(24(29)25(30)27(22)10-5-11-31-2)23(28)15-8-9-19-20(12-15)33-14-32-19/h3-4,6-9,12-13,22,28H,5,10-11,14H2,1-2H3/b23-21+. The molecule has 8 nitrogen and oxygen atoms in total. The number of aliphatic hydroxyl groups is 1. The van der Waals surface area contributed by atoms with E-state index >= 15 is 0 Å². The minimum absolute atomic E-state index is 0.0626. The number of hydrogen-bond acceptors (Lipinski definition) is 6. The summed E-state index contributed by atoms with van der Waals surface area (Å²) in [5.74, 6) is -0.530. The van der Waals surface area contributed by atoms with Crippen molar-refractivity contribution >= 4 is 28.4 Å². The predicted octanol–water partition coefficient (Wildman–Crippen LogP) is 3.37. The first-order valence-electron chi connectivity index (χ1n) is 10.7. The number of ether oxygens (including phenoxy) is 3. The van der Waals surface area contributed by atoms with E-state index in [4.69, 9.17) is 14.2 Å². The fourth-order valence-electron chi connectivity index (χ4n) is 4.60. The summed E-state index contributed by atoms with van der Waals surface area (Å²) in [6.45, 7) is 0.872. The molecule has 3 aromatic rings. The first kappa shape index (κ1) is 21.1. The van der Waals surface area contributed by atoms with Gasteiger partial charge in [-0.05, 0) is 30.7 Å². The largest absolute Gasteiger partial charge is 0.507 e. The van der Waals surface area contributed by atoms with Crippen LogP contribution in [0.3, 0.4) is 0 Å². The van der Waals surface area contributed by atoms with Gasteiger partial charge in [-0.3, -0.25) is 9.59 Å². The Bertz CT molecular complexity index is 1290. The Balaban J connectivity index is 1.68. The number of aromatic nitrogens is 1. The second kappa shape index (κ2) is 8.29. The molecule has 33 heavy (non-hydrogen) atoms. The van der Waals surface area contributed by atoms with E-state index in [0.717, 1.165) is 16.5 Å². The number of fused-ring (bicyclic) bond motifs is 2. The topological polar surface area (TPSA) is 90.2 Å². The lowest BCUT2D eigenvalue weighted by Crippen LogP contribution is -2.31. The van der Waals surface area contributed by atoms with Gasteiger partial charge in [0.15, 0.2) is 11.5 Å². The van der Waals surface area contributed by atoms with Crippen LogP contribution in [0.1, 0.15) is 23.6 Å². The molecule has 1 unspecified atom stereocenters. The predicted molar refractivity (Wildman–Crippen MR) is 121 cm³/mol. The van der Waals surface area contributed by atoms with E-state index in [1.165, 1.54) is 4.90 Å². The number of amides is 1. The molecule has 2 aromatic carbocycles. The van der Waals surface area contributed by atoms with Crippen molar-refractivity contribution in [2.75, 3.05) is 27.1 Å². The average Bonchev–Trinajstić information content (AvgIpc) is 3.49. The Hall–Kier alpha value is -3.78. The molecule has 0 bridgehead atoms. The van der Waals surface area contributed by atoms with Crippen molar-refractivity contribution in [3.63, 3.8) is 0 Å². The molecular weight excluding hydrogens is 424 g/mol. The molecule has 2 aliphatic heterocycles. The zero-order valence-electron chi connectivity index (χ0n) is 18.4. The van der Waals surface area contributed by atoms with Gasteiger partial charge in [0.05, 0.1) is 11.6 Å². The third-order valence-electron chi connectivity index (χ3n) is 6.16. The van der Waals surface area contributed by atoms with Gasteiger partial charge in [0.1, 0.15) is 5.76 Å². The van der Waals surface area contributed by atoms with Crippen LogP contribution in [0.2, 0.25) is 0 Å². The van der Waals surface area contributed by atoms with Gasteiger partial charge in [-0.25, -0.2) is 0 Å². The summed E-state index contributed by atoms with van der Waals surface area (Å²) < 4.78 is 17.9. The molecular formula is C25H24N2O6. The Morgan fingerprint density at radius 1 is 1.15 bits per heavy atom. The molecule has 5 rings (SSSR count). The highest BCUT2D eigenvalue weighted by Crippen LogP contribution is 2.43. The number of Topliss-reactive ketones (excluding diaryl/α,β-unsaturated/α-hetero) is 1. The Kier molecular flexibility index (Phi) is 5.30. The molecule has 2 aliphatic rings. The highest BCUT2D eigenvalue weighted by atomic mass is 16.7. The number of hydrogen-bond donors (Lipinski definition) is 1. The molecule has 0 radical (unpaired) electrons. The fourth-order valence-corrected chi connectivity index (χ4v) is 4.60. The van der Waals surface area contributed by atoms with E-state index in [-0.39, 0.29) is 18.1 Å². The van der Waals surface area contributed by atoms with Crippen molar-refractivity contribution in [1.82, 2.24) is 9.47 Å². The number of benzene rings is 2. The van der Waals surface area contributed by atoms with Gasteiger partial charge in [-0.2, -0.15) is 0 Å². The van der Waals surface area contributed by atoms with Gasteiger partial charge < -0.3 is 28.8 Å². The van der Waals surface area contributed by atoms with E-state index in [9.17, 15) is 14.7 Å². The van der Waals surface area contributed by atoms with Gasteiger partial charge >= 0.3 is 0 Å². The monoisotopic (exact) mass is 448 g/mol. The minimum atomic E-state index is -0.724. The fraction of sp³-hybridized carbons (Fsp3) is 0.280. The van der Waals surface area contributed by atoms with E-state index < -0.39 is 17.7 Å². The van der Waals surface area contributed by atoms with Gasteiger partial charge in [0, 0.05) is 55.5 Å². The van der Waals surface area contributed by atoms with Crippen LogP contribution in [0.15, 0.2) is 54.2 Å². The number of nitrogens with zero attached hydrogens (tertiary/aromatic N) is 2. The van der Waals surface area contributed by atoms with E-state index in [2.05, 4.69) is 0 Å². The molecule has 1 fully saturated rings. The lowest BCUT2D eigenvalue weighted by molar-refractivity contribution is -0.140. The van der Waals surface area contributed by atoms with Crippen LogP contribution >= 0.6 is 0 Å². The van der Waals surface area contributed by atoms with Crippen LogP contribution in [-0.4, -0.2) is 53.3 Å². The van der Waals surface area contributed by atoms with Gasteiger partial charge in [0.25, 0.3) is 11.7 Å². The van der Waals surface area contributed by atoms with Crippen molar-refractivity contribution in [2.45, 2.75) is 12.5 Å². The maximum atomic E-state index is 13.2. The molecule has 1 atom stereocenters. The lowest BCUT2D eigenvalue weighted by Gasteiger charge is -2.24. The summed E-state index contributed by atoms with van der Waals surface area (Å²) in [5, 5.41) is 12.2. The highest BCUT2D eigenvalue weighted by Gasteiger charge is 2.46. The molecule has 1 N–H and O–H groups in total. The number of ketones is 1. The number of aliphatic hydroxyl groups excluding tert-OH is 1. The molecule has 1 aromatic heterocycles. The van der Waals surface area contributed by atoms with Crippen LogP contribution < -0.4 is 9.47 Å². The first-order valence-corrected chi connectivity index (χ1v) is 10.7. The van der Waals surface area contributed by atoms with Crippen LogP contribution in [0.5, 0.6) is 11.5 Å². The number of rotatable bonds is 6. The summed E-state index contributed by atoms with van der Waals surface area (Å²) in [5.41, 5.74) is 2.21. The molecule has 1 saturated heterocycles. The molecule has 0 aliphatic carbocycles. The quantitative estimate of drug-likeness (QED) is 0.269. The smallest absolute Gasteiger partial charge is 0.295 e. The van der Waals surface area contributed by atoms with Crippen LogP contribution in [0, 0.1) is 0 Å². The summed E-state index contributed by atoms with van der Waals surface area (Å²) >= 11 is 0. The summed E-state index contributed by atoms with van der Waals surface area (Å²) in [6.07, 6.45) is 2.48. The maximum Gasteiger partial charge on any atom is 0.295 e. The Morgan fingerprint density at radius 3 is 2.76 bits per heavy atom. The zero-order chi connectivity index (χ0) is 23.1. The van der Waals surface area contributed by atoms with Crippen molar-refractivity contribution < 1.29 is 28.9 Å². The zero-order valence-corrected chi connectivity index (χ0v) is 18.4. The maximum absolute atomic E-state index is 13.2. The van der Waals surface area contributed by atoms with Crippen molar-refractivity contribution in [1.29, 1.82) is 0 Å². The summed E-state index contributed by atoms with van der Waals surface area (Å²) in [4.78, 5) is 27.8. The first-order chi connectivity index (χ1) is 16.0. The lowest BCUT2D eigenvalue weighted by atomic mass is 9.94. The van der Waals surface area contributed by atoms with Crippen LogP contribution in [-0.2, 0) is 21.4 Å². The molecule has 170 valence electrons. The van der Waals surface area contributed by atoms with Gasteiger partial charge in [0.2, 0.25) is 6.79 Å². The highest BCUT2D eigenvalue weighted by molar-refractivity contribution is 6.46. The molecule has 8 heteroatoms. The number of likely N-dealkylation sites (tertiary alicyclic amines) is 1.